The molecule has 1 aliphatic heterocycles. The van der Waals surface area contributed by atoms with Gasteiger partial charge in [0.05, 0.1) is 6.61 Å². The number of rotatable bonds is 4. The van der Waals surface area contributed by atoms with Gasteiger partial charge in [-0.05, 0) is 38.4 Å². The monoisotopic (exact) mass is 201 g/mol. The number of hydrogen-bond acceptors (Lipinski definition) is 2. The summed E-state index contributed by atoms with van der Waals surface area (Å²) < 4.78 is 5.41. The topological polar surface area (TPSA) is 12.5 Å². The van der Waals surface area contributed by atoms with Crippen LogP contribution in [0, 0.1) is 5.41 Å². The molecule has 0 aliphatic carbocycles. The van der Waals surface area contributed by atoms with E-state index in [0.717, 1.165) is 19.8 Å². The van der Waals surface area contributed by atoms with E-state index >= 15 is 0 Å². The molecule has 2 nitrogen and oxygen atoms in total. The predicted octanol–water partition coefficient (Wildman–Crippen LogP) is 2.78. The summed E-state index contributed by atoms with van der Waals surface area (Å²) in [5.74, 6) is 0. The van der Waals surface area contributed by atoms with Crippen LogP contribution in [0.25, 0.3) is 0 Å². The molecule has 0 aromatic carbocycles. The maximum Gasteiger partial charge on any atom is 0.0521 e. The normalized spacial score (nSPS) is 26.1. The molecule has 1 rings (SSSR count). The molecule has 0 aromatic heterocycles. The lowest BCUT2D eigenvalue weighted by Crippen LogP contribution is -2.26. The molecule has 14 heavy (non-hydrogen) atoms. The van der Waals surface area contributed by atoms with Gasteiger partial charge in [0.2, 0.25) is 0 Å². The van der Waals surface area contributed by atoms with Crippen molar-refractivity contribution in [2.45, 2.75) is 40.5 Å². The van der Waals surface area contributed by atoms with Crippen LogP contribution in [0.5, 0.6) is 0 Å². The standard InChI is InChI=1S/C10H21NO.C2H6/c1-4-11(3)7-5-10(2)6-8-12-9-10;1-2/h4-9H2,1-3H3;1-2H3. The molecule has 0 radical (unpaired) electrons. The van der Waals surface area contributed by atoms with Gasteiger partial charge in [-0.3, -0.25) is 0 Å². The third-order valence-electron chi connectivity index (χ3n) is 2.94. The van der Waals surface area contributed by atoms with E-state index in [1.165, 1.54) is 19.4 Å². The van der Waals surface area contributed by atoms with Gasteiger partial charge >= 0.3 is 0 Å². The van der Waals surface area contributed by atoms with Gasteiger partial charge in [-0.1, -0.05) is 27.7 Å². The van der Waals surface area contributed by atoms with E-state index in [9.17, 15) is 0 Å². The second-order valence-electron chi connectivity index (χ2n) is 4.26. The zero-order valence-corrected chi connectivity index (χ0v) is 10.6. The summed E-state index contributed by atoms with van der Waals surface area (Å²) in [5, 5.41) is 0. The highest BCUT2D eigenvalue weighted by Crippen LogP contribution is 2.31. The molecular weight excluding hydrogens is 174 g/mol. The zero-order valence-electron chi connectivity index (χ0n) is 10.6. The molecule has 0 amide bonds. The Morgan fingerprint density at radius 1 is 1.36 bits per heavy atom. The fourth-order valence-corrected chi connectivity index (χ4v) is 1.53. The summed E-state index contributed by atoms with van der Waals surface area (Å²) in [6.45, 7) is 12.8. The third-order valence-corrected chi connectivity index (χ3v) is 2.94. The predicted molar refractivity (Wildman–Crippen MR) is 62.7 cm³/mol. The fraction of sp³-hybridized carbons (Fsp3) is 1.00. The van der Waals surface area contributed by atoms with Gasteiger partial charge in [0.1, 0.15) is 0 Å². The van der Waals surface area contributed by atoms with Crippen LogP contribution in [-0.2, 0) is 4.74 Å². The summed E-state index contributed by atoms with van der Waals surface area (Å²) in [5.41, 5.74) is 0.462. The zero-order chi connectivity index (χ0) is 11.0. The summed E-state index contributed by atoms with van der Waals surface area (Å²) >= 11 is 0. The van der Waals surface area contributed by atoms with Crippen molar-refractivity contribution in [2.24, 2.45) is 5.41 Å². The quantitative estimate of drug-likeness (QED) is 0.693. The number of nitrogens with zero attached hydrogens (tertiary/aromatic N) is 1. The van der Waals surface area contributed by atoms with Gasteiger partial charge in [0, 0.05) is 6.61 Å². The van der Waals surface area contributed by atoms with Crippen LogP contribution in [0.15, 0.2) is 0 Å². The summed E-state index contributed by atoms with van der Waals surface area (Å²) in [7, 11) is 2.18. The van der Waals surface area contributed by atoms with Gasteiger partial charge in [-0.2, -0.15) is 0 Å². The van der Waals surface area contributed by atoms with Crippen molar-refractivity contribution < 1.29 is 4.74 Å². The molecule has 2 heteroatoms. The third kappa shape index (κ3) is 4.97. The van der Waals surface area contributed by atoms with Gasteiger partial charge in [0.15, 0.2) is 0 Å². The summed E-state index contributed by atoms with van der Waals surface area (Å²) in [6.07, 6.45) is 2.52. The Morgan fingerprint density at radius 3 is 2.43 bits per heavy atom. The van der Waals surface area contributed by atoms with Crippen LogP contribution >= 0.6 is 0 Å². The van der Waals surface area contributed by atoms with Crippen molar-refractivity contribution in [1.82, 2.24) is 4.90 Å². The smallest absolute Gasteiger partial charge is 0.0521 e. The van der Waals surface area contributed by atoms with E-state index < -0.39 is 0 Å². The van der Waals surface area contributed by atoms with Crippen molar-refractivity contribution in [2.75, 3.05) is 33.4 Å². The Morgan fingerprint density at radius 2 is 2.00 bits per heavy atom. The maximum atomic E-state index is 5.41. The second-order valence-corrected chi connectivity index (χ2v) is 4.26. The van der Waals surface area contributed by atoms with E-state index in [1.54, 1.807) is 0 Å². The van der Waals surface area contributed by atoms with Crippen molar-refractivity contribution in [3.8, 4) is 0 Å². The molecule has 1 saturated heterocycles. The first-order valence-corrected chi connectivity index (χ1v) is 5.92. The van der Waals surface area contributed by atoms with Crippen molar-refractivity contribution in [1.29, 1.82) is 0 Å². The van der Waals surface area contributed by atoms with E-state index in [1.807, 2.05) is 13.8 Å². The Kier molecular flexibility index (Phi) is 7.20. The molecule has 86 valence electrons. The Balaban J connectivity index is 0.000000791. The molecule has 0 saturated carbocycles. The van der Waals surface area contributed by atoms with E-state index in [2.05, 4.69) is 25.8 Å². The van der Waals surface area contributed by atoms with Crippen LogP contribution in [-0.4, -0.2) is 38.3 Å². The molecule has 1 aliphatic rings. The average Bonchev–Trinajstić information content (AvgIpc) is 2.65. The van der Waals surface area contributed by atoms with E-state index in [0.29, 0.717) is 5.41 Å². The molecule has 0 aromatic rings. The second kappa shape index (κ2) is 7.24. The maximum absolute atomic E-state index is 5.41. The lowest BCUT2D eigenvalue weighted by atomic mass is 9.86. The fourth-order valence-electron chi connectivity index (χ4n) is 1.53. The SMILES string of the molecule is CC.CCN(C)CCC1(C)CCOC1. The van der Waals surface area contributed by atoms with Gasteiger partial charge in [-0.25, -0.2) is 0 Å². The van der Waals surface area contributed by atoms with Crippen molar-refractivity contribution in [3.63, 3.8) is 0 Å². The van der Waals surface area contributed by atoms with Gasteiger partial charge in [-0.15, -0.1) is 0 Å². The van der Waals surface area contributed by atoms with Gasteiger partial charge < -0.3 is 9.64 Å². The lowest BCUT2D eigenvalue weighted by Gasteiger charge is -2.24. The van der Waals surface area contributed by atoms with Crippen molar-refractivity contribution >= 4 is 0 Å². The molecule has 0 spiro atoms. The first-order chi connectivity index (χ1) is 6.66. The van der Waals surface area contributed by atoms with Crippen LogP contribution in [0.1, 0.15) is 40.5 Å². The number of ether oxygens (including phenoxy) is 1. The molecule has 1 heterocycles. The minimum Gasteiger partial charge on any atom is -0.381 e. The van der Waals surface area contributed by atoms with Crippen LogP contribution in [0.4, 0.5) is 0 Å². The highest BCUT2D eigenvalue weighted by Gasteiger charge is 2.29. The molecule has 1 atom stereocenters. The van der Waals surface area contributed by atoms with Crippen LogP contribution in [0.2, 0.25) is 0 Å². The van der Waals surface area contributed by atoms with Crippen LogP contribution < -0.4 is 0 Å². The van der Waals surface area contributed by atoms with E-state index in [-0.39, 0.29) is 0 Å². The minimum atomic E-state index is 0.462. The van der Waals surface area contributed by atoms with Crippen molar-refractivity contribution in [3.05, 3.63) is 0 Å². The minimum absolute atomic E-state index is 0.462. The molecule has 0 bridgehead atoms. The lowest BCUT2D eigenvalue weighted by molar-refractivity contribution is 0.147. The Labute approximate surface area is 89.6 Å². The van der Waals surface area contributed by atoms with E-state index in [4.69, 9.17) is 4.74 Å². The number of hydrogen-bond donors (Lipinski definition) is 0. The largest absolute Gasteiger partial charge is 0.381 e. The average molecular weight is 201 g/mol. The first kappa shape index (κ1) is 13.9. The highest BCUT2D eigenvalue weighted by molar-refractivity contribution is 4.79. The molecule has 1 fully saturated rings. The first-order valence-electron chi connectivity index (χ1n) is 5.92. The summed E-state index contributed by atoms with van der Waals surface area (Å²) in [4.78, 5) is 2.36. The highest BCUT2D eigenvalue weighted by atomic mass is 16.5. The Bertz CT molecular complexity index is 130. The van der Waals surface area contributed by atoms with Gasteiger partial charge in [0.25, 0.3) is 0 Å². The molecular formula is C12H27NO. The molecule has 1 unspecified atom stereocenters. The van der Waals surface area contributed by atoms with Crippen LogP contribution in [0.3, 0.4) is 0 Å². The Hall–Kier alpha value is -0.0800. The summed E-state index contributed by atoms with van der Waals surface area (Å²) in [6, 6.07) is 0. The molecule has 0 N–H and O–H groups in total.